The molecule has 0 spiro atoms. The number of carbonyl (C=O) groups excluding carboxylic acids is 1. The van der Waals surface area contributed by atoms with Gasteiger partial charge in [0.05, 0.1) is 24.6 Å². The summed E-state index contributed by atoms with van der Waals surface area (Å²) in [6.45, 7) is 9.44. The summed E-state index contributed by atoms with van der Waals surface area (Å²) < 4.78 is 13.1. The van der Waals surface area contributed by atoms with Crippen molar-refractivity contribution in [2.45, 2.75) is 53.3 Å². The van der Waals surface area contributed by atoms with Gasteiger partial charge in [0, 0.05) is 13.2 Å². The van der Waals surface area contributed by atoms with Crippen LogP contribution in [0.4, 0.5) is 0 Å². The number of aromatic nitrogens is 2. The van der Waals surface area contributed by atoms with Gasteiger partial charge in [-0.15, -0.1) is 11.3 Å². The molecule has 0 amide bonds. The largest absolute Gasteiger partial charge is 0.459 e. The lowest BCUT2D eigenvalue weighted by Crippen LogP contribution is -2.41. The lowest BCUT2D eigenvalue weighted by Gasteiger charge is -2.14. The van der Waals surface area contributed by atoms with Gasteiger partial charge >= 0.3 is 11.7 Å². The van der Waals surface area contributed by atoms with Gasteiger partial charge in [-0.25, -0.2) is 9.59 Å². The highest BCUT2D eigenvalue weighted by molar-refractivity contribution is 7.20. The van der Waals surface area contributed by atoms with Crippen LogP contribution in [0.5, 0.6) is 0 Å². The van der Waals surface area contributed by atoms with E-state index in [1.165, 1.54) is 9.13 Å². The van der Waals surface area contributed by atoms with Gasteiger partial charge < -0.3 is 9.47 Å². The van der Waals surface area contributed by atoms with Crippen LogP contribution in [0.3, 0.4) is 0 Å². The number of methoxy groups -OCH3 is 1. The number of aryl methyl sites for hydroxylation is 1. The third-order valence-electron chi connectivity index (χ3n) is 3.81. The highest BCUT2D eigenvalue weighted by Crippen LogP contribution is 2.29. The van der Waals surface area contributed by atoms with E-state index in [1.807, 2.05) is 0 Å². The highest BCUT2D eigenvalue weighted by atomic mass is 32.1. The van der Waals surface area contributed by atoms with Crippen LogP contribution in [0.25, 0.3) is 10.2 Å². The Morgan fingerprint density at radius 3 is 2.36 bits per heavy atom. The third-order valence-corrected chi connectivity index (χ3v) is 5.10. The molecule has 2 heterocycles. The number of thiophene rings is 1. The molecule has 0 aliphatic carbocycles. The Hall–Kier alpha value is -1.93. The van der Waals surface area contributed by atoms with E-state index in [0.717, 1.165) is 11.3 Å². The number of esters is 1. The fraction of sp³-hybridized carbons (Fsp3) is 0.588. The Morgan fingerprint density at radius 1 is 1.20 bits per heavy atom. The van der Waals surface area contributed by atoms with Crippen molar-refractivity contribution in [2.24, 2.45) is 0 Å². The van der Waals surface area contributed by atoms with Crippen molar-refractivity contribution in [2.75, 3.05) is 13.7 Å². The number of rotatable bonds is 6. The van der Waals surface area contributed by atoms with Gasteiger partial charge in [-0.1, -0.05) is 0 Å². The molecular weight excluding hydrogens is 344 g/mol. The van der Waals surface area contributed by atoms with Crippen LogP contribution in [0, 0.1) is 6.92 Å². The van der Waals surface area contributed by atoms with Crippen LogP contribution < -0.4 is 11.2 Å². The van der Waals surface area contributed by atoms with Crippen molar-refractivity contribution < 1.29 is 14.3 Å². The molecule has 0 atom stereocenters. The van der Waals surface area contributed by atoms with Crippen molar-refractivity contribution in [3.8, 4) is 0 Å². The first kappa shape index (κ1) is 19.4. The van der Waals surface area contributed by atoms with E-state index >= 15 is 0 Å². The monoisotopic (exact) mass is 368 g/mol. The number of ether oxygens (including phenoxy) is 2. The summed E-state index contributed by atoms with van der Waals surface area (Å²) in [5, 5.41) is 0.394. The maximum Gasteiger partial charge on any atom is 0.348 e. The molecule has 0 N–H and O–H groups in total. The molecular formula is C17H24N2O5S. The first-order valence-corrected chi connectivity index (χ1v) is 9.00. The molecule has 2 aromatic heterocycles. The Bertz CT molecular complexity index is 904. The molecule has 0 aliphatic rings. The maximum absolute atomic E-state index is 12.9. The van der Waals surface area contributed by atoms with Crippen molar-refractivity contribution in [3.63, 3.8) is 0 Å². The molecule has 0 saturated heterocycles. The third kappa shape index (κ3) is 3.55. The van der Waals surface area contributed by atoms with Gasteiger partial charge in [0.15, 0.2) is 0 Å². The van der Waals surface area contributed by atoms with Crippen LogP contribution in [0.15, 0.2) is 9.59 Å². The zero-order valence-corrected chi connectivity index (χ0v) is 16.2. The molecule has 0 saturated carbocycles. The molecule has 0 bridgehead atoms. The second-order valence-electron chi connectivity index (χ2n) is 6.39. The van der Waals surface area contributed by atoms with Crippen LogP contribution in [0.2, 0.25) is 0 Å². The van der Waals surface area contributed by atoms with E-state index in [-0.39, 0.29) is 17.7 Å². The van der Waals surface area contributed by atoms with E-state index in [9.17, 15) is 14.4 Å². The minimum atomic E-state index is -0.477. The Morgan fingerprint density at radius 2 is 1.84 bits per heavy atom. The van der Waals surface area contributed by atoms with E-state index in [4.69, 9.17) is 9.47 Å². The minimum Gasteiger partial charge on any atom is -0.459 e. The van der Waals surface area contributed by atoms with Crippen molar-refractivity contribution in [1.82, 2.24) is 9.13 Å². The smallest absolute Gasteiger partial charge is 0.348 e. The molecule has 2 rings (SSSR count). The van der Waals surface area contributed by atoms with Crippen LogP contribution in [-0.2, 0) is 16.0 Å². The zero-order valence-electron chi connectivity index (χ0n) is 15.4. The first-order valence-electron chi connectivity index (χ1n) is 8.19. The summed E-state index contributed by atoms with van der Waals surface area (Å²) in [6, 6.07) is -0.288. The van der Waals surface area contributed by atoms with Crippen LogP contribution in [-0.4, -0.2) is 34.9 Å². The molecule has 0 aliphatic heterocycles. The van der Waals surface area contributed by atoms with Gasteiger partial charge in [-0.2, -0.15) is 0 Å². The average molecular weight is 368 g/mol. The Kier molecular flexibility index (Phi) is 5.84. The summed E-state index contributed by atoms with van der Waals surface area (Å²) in [7, 11) is 1.55. The van der Waals surface area contributed by atoms with Crippen molar-refractivity contribution >= 4 is 27.5 Å². The molecule has 0 radical (unpaired) electrons. The summed E-state index contributed by atoms with van der Waals surface area (Å²) >= 11 is 1.12. The fourth-order valence-electron chi connectivity index (χ4n) is 2.66. The number of nitrogens with zero attached hydrogens (tertiary/aromatic N) is 2. The summed E-state index contributed by atoms with van der Waals surface area (Å²) in [4.78, 5) is 38.8. The van der Waals surface area contributed by atoms with Gasteiger partial charge in [0.2, 0.25) is 0 Å². The molecule has 0 aromatic carbocycles. The van der Waals surface area contributed by atoms with E-state index < -0.39 is 11.7 Å². The lowest BCUT2D eigenvalue weighted by atomic mass is 10.2. The standard InChI is InChI=1S/C17H24N2O5S/c1-9(2)19-14(20)12-11(5)13(16(21)24-10(3)4)25-15(12)18(17(19)22)7-8-23-6/h9-10H,7-8H2,1-6H3. The molecule has 7 nitrogen and oxygen atoms in total. The summed E-state index contributed by atoms with van der Waals surface area (Å²) in [5.41, 5.74) is -0.216. The van der Waals surface area contributed by atoms with Gasteiger partial charge in [0.25, 0.3) is 5.56 Å². The van der Waals surface area contributed by atoms with E-state index in [2.05, 4.69) is 0 Å². The Balaban J connectivity index is 2.83. The topological polar surface area (TPSA) is 79.5 Å². The fourth-order valence-corrected chi connectivity index (χ4v) is 3.86. The molecule has 25 heavy (non-hydrogen) atoms. The Labute approximate surface area is 149 Å². The van der Waals surface area contributed by atoms with Gasteiger partial charge in [0.1, 0.15) is 9.71 Å². The van der Waals surface area contributed by atoms with Gasteiger partial charge in [-0.05, 0) is 40.2 Å². The number of carbonyl (C=O) groups is 1. The number of hydrogen-bond acceptors (Lipinski definition) is 6. The predicted molar refractivity (Wildman–Crippen MR) is 97.9 cm³/mol. The second-order valence-corrected chi connectivity index (χ2v) is 7.39. The number of hydrogen-bond donors (Lipinski definition) is 0. The lowest BCUT2D eigenvalue weighted by molar-refractivity contribution is 0.0383. The van der Waals surface area contributed by atoms with Crippen molar-refractivity contribution in [1.29, 1.82) is 0 Å². The first-order chi connectivity index (χ1) is 11.7. The number of fused-ring (bicyclic) bond motifs is 1. The van der Waals surface area contributed by atoms with Crippen LogP contribution in [0.1, 0.15) is 49.0 Å². The summed E-state index contributed by atoms with van der Waals surface area (Å²) in [5.74, 6) is -0.477. The molecule has 138 valence electrons. The molecule has 0 unspecified atom stereocenters. The van der Waals surface area contributed by atoms with E-state index in [1.54, 1.807) is 41.7 Å². The van der Waals surface area contributed by atoms with Crippen LogP contribution >= 0.6 is 11.3 Å². The SMILES string of the molecule is COCCn1c(=O)n(C(C)C)c(=O)c2c(C)c(C(=O)OC(C)C)sc21. The average Bonchev–Trinajstić information content (AvgIpc) is 2.84. The normalized spacial score (nSPS) is 11.7. The zero-order chi connectivity index (χ0) is 18.9. The maximum atomic E-state index is 12.9. The van der Waals surface area contributed by atoms with E-state index in [0.29, 0.717) is 33.8 Å². The second kappa shape index (κ2) is 7.53. The van der Waals surface area contributed by atoms with Gasteiger partial charge in [-0.3, -0.25) is 13.9 Å². The van der Waals surface area contributed by atoms with Crippen molar-refractivity contribution in [3.05, 3.63) is 31.3 Å². The summed E-state index contributed by atoms with van der Waals surface area (Å²) in [6.07, 6.45) is -0.264. The molecule has 8 heteroatoms. The minimum absolute atomic E-state index is 0.264. The quantitative estimate of drug-likeness (QED) is 0.731. The predicted octanol–water partition coefficient (Wildman–Crippen LogP) is 2.33. The molecule has 2 aromatic rings. The highest BCUT2D eigenvalue weighted by Gasteiger charge is 2.24. The molecule has 0 fully saturated rings.